The summed E-state index contributed by atoms with van der Waals surface area (Å²) >= 11 is 0. The number of ether oxygens (including phenoxy) is 1. The van der Waals surface area contributed by atoms with Crippen LogP contribution in [0.1, 0.15) is 20.8 Å². The number of nitrogens with one attached hydrogen (secondary N) is 1. The molecule has 112 valence electrons. The molecule has 0 radical (unpaired) electrons. The number of hydrogen-bond acceptors (Lipinski definition) is 4. The van der Waals surface area contributed by atoms with Gasteiger partial charge in [0.15, 0.2) is 0 Å². The number of likely N-dealkylation sites (N-methyl/N-ethyl adjacent to an activating group) is 1. The van der Waals surface area contributed by atoms with Gasteiger partial charge in [0.05, 0.1) is 19.8 Å². The minimum absolute atomic E-state index is 0.0684. The first kappa shape index (κ1) is 17.7. The molecule has 0 heterocycles. The highest BCUT2D eigenvalue weighted by Gasteiger charge is 2.33. The Morgan fingerprint density at radius 3 is 2.32 bits per heavy atom. The Morgan fingerprint density at radius 1 is 1.32 bits per heavy atom. The molecule has 0 spiro atoms. The van der Waals surface area contributed by atoms with Gasteiger partial charge in [0.25, 0.3) is 0 Å². The Morgan fingerprint density at radius 2 is 1.89 bits per heavy atom. The van der Waals surface area contributed by atoms with E-state index in [1.54, 1.807) is 27.8 Å². The minimum atomic E-state index is -1.06. The van der Waals surface area contributed by atoms with Gasteiger partial charge in [-0.2, -0.15) is 0 Å². The van der Waals surface area contributed by atoms with Gasteiger partial charge < -0.3 is 25.2 Å². The molecule has 0 aromatic carbocycles. The lowest BCUT2D eigenvalue weighted by Gasteiger charge is -2.29. The Kier molecular flexibility index (Phi) is 7.40. The maximum atomic E-state index is 11.8. The van der Waals surface area contributed by atoms with E-state index in [1.165, 1.54) is 4.90 Å². The molecule has 19 heavy (non-hydrogen) atoms. The summed E-state index contributed by atoms with van der Waals surface area (Å²) in [6.45, 7) is 6.00. The molecule has 2 amide bonds. The first-order valence-electron chi connectivity index (χ1n) is 6.13. The largest absolute Gasteiger partial charge is 0.480 e. The average Bonchev–Trinajstić information content (AvgIpc) is 2.29. The Labute approximate surface area is 113 Å². The highest BCUT2D eigenvalue weighted by Crippen LogP contribution is 2.19. The molecule has 0 aliphatic heterocycles. The zero-order chi connectivity index (χ0) is 15.1. The van der Waals surface area contributed by atoms with Crippen molar-refractivity contribution in [2.75, 3.05) is 33.4 Å². The van der Waals surface area contributed by atoms with E-state index in [2.05, 4.69) is 5.32 Å². The molecule has 0 fully saturated rings. The van der Waals surface area contributed by atoms with Crippen molar-refractivity contribution in [1.82, 2.24) is 10.2 Å². The van der Waals surface area contributed by atoms with Gasteiger partial charge >= 0.3 is 12.0 Å². The van der Waals surface area contributed by atoms with Crippen molar-refractivity contribution in [2.24, 2.45) is 5.41 Å². The molecular weight excluding hydrogens is 252 g/mol. The van der Waals surface area contributed by atoms with E-state index >= 15 is 0 Å². The van der Waals surface area contributed by atoms with Gasteiger partial charge in [-0.1, -0.05) is 20.8 Å². The molecule has 0 saturated heterocycles. The van der Waals surface area contributed by atoms with Crippen LogP contribution in [0.5, 0.6) is 0 Å². The highest BCUT2D eigenvalue weighted by molar-refractivity contribution is 5.83. The second-order valence-corrected chi connectivity index (χ2v) is 5.34. The molecule has 0 aromatic heterocycles. The molecular formula is C12H24N2O5. The zero-order valence-electron chi connectivity index (χ0n) is 12.0. The maximum Gasteiger partial charge on any atom is 0.326 e. The number of carboxylic acids is 1. The summed E-state index contributed by atoms with van der Waals surface area (Å²) in [5.74, 6) is -1.06. The van der Waals surface area contributed by atoms with E-state index in [0.29, 0.717) is 6.54 Å². The van der Waals surface area contributed by atoms with Crippen LogP contribution in [-0.4, -0.2) is 66.6 Å². The van der Waals surface area contributed by atoms with E-state index in [0.717, 1.165) is 0 Å². The number of rotatable bonds is 7. The number of nitrogens with zero attached hydrogens (tertiary/aromatic N) is 1. The summed E-state index contributed by atoms with van der Waals surface area (Å²) < 4.78 is 5.04. The lowest BCUT2D eigenvalue weighted by molar-refractivity contribution is -0.142. The molecule has 0 aromatic rings. The van der Waals surface area contributed by atoms with Crippen molar-refractivity contribution in [3.63, 3.8) is 0 Å². The average molecular weight is 276 g/mol. The van der Waals surface area contributed by atoms with Crippen molar-refractivity contribution < 1.29 is 24.5 Å². The molecule has 0 aliphatic rings. The monoisotopic (exact) mass is 276 g/mol. The van der Waals surface area contributed by atoms with Crippen LogP contribution in [0.3, 0.4) is 0 Å². The third-order valence-electron chi connectivity index (χ3n) is 2.53. The second kappa shape index (κ2) is 7.96. The quantitative estimate of drug-likeness (QED) is 0.574. The van der Waals surface area contributed by atoms with Gasteiger partial charge in [0, 0.05) is 13.6 Å². The van der Waals surface area contributed by atoms with Crippen LogP contribution >= 0.6 is 0 Å². The number of aliphatic carboxylic acids is 1. The first-order chi connectivity index (χ1) is 8.70. The normalized spacial score (nSPS) is 12.9. The van der Waals surface area contributed by atoms with Crippen molar-refractivity contribution in [3.05, 3.63) is 0 Å². The lowest BCUT2D eigenvalue weighted by Crippen LogP contribution is -2.53. The SMILES string of the molecule is CN(CCOCCO)C(=O)N[C@H](C(=O)O)C(C)(C)C. The predicted octanol–water partition coefficient (Wildman–Crippen LogP) is 0.136. The third kappa shape index (κ3) is 6.97. The van der Waals surface area contributed by atoms with Gasteiger partial charge in [-0.05, 0) is 5.41 Å². The van der Waals surface area contributed by atoms with E-state index in [1.807, 2.05) is 0 Å². The van der Waals surface area contributed by atoms with Crippen LogP contribution < -0.4 is 5.32 Å². The van der Waals surface area contributed by atoms with Crippen molar-refractivity contribution in [1.29, 1.82) is 0 Å². The van der Waals surface area contributed by atoms with Crippen LogP contribution in [0.4, 0.5) is 4.79 Å². The van der Waals surface area contributed by atoms with Crippen LogP contribution in [-0.2, 0) is 9.53 Å². The zero-order valence-corrected chi connectivity index (χ0v) is 12.0. The van der Waals surface area contributed by atoms with E-state index < -0.39 is 23.5 Å². The van der Waals surface area contributed by atoms with E-state index in [-0.39, 0.29) is 19.8 Å². The van der Waals surface area contributed by atoms with Crippen LogP contribution in [0, 0.1) is 5.41 Å². The number of aliphatic hydroxyl groups is 1. The van der Waals surface area contributed by atoms with Crippen molar-refractivity contribution in [2.45, 2.75) is 26.8 Å². The third-order valence-corrected chi connectivity index (χ3v) is 2.53. The Bertz CT molecular complexity index is 301. The van der Waals surface area contributed by atoms with Crippen molar-refractivity contribution >= 4 is 12.0 Å². The Balaban J connectivity index is 4.29. The summed E-state index contributed by atoms with van der Waals surface area (Å²) in [6, 6.07) is -1.42. The molecule has 7 nitrogen and oxygen atoms in total. The van der Waals surface area contributed by atoms with Gasteiger partial charge in [-0.25, -0.2) is 9.59 Å². The number of carboxylic acid groups (broad SMARTS) is 1. The molecule has 0 aliphatic carbocycles. The van der Waals surface area contributed by atoms with E-state index in [9.17, 15) is 9.59 Å². The number of amides is 2. The molecule has 0 rings (SSSR count). The van der Waals surface area contributed by atoms with Gasteiger partial charge in [-0.3, -0.25) is 0 Å². The van der Waals surface area contributed by atoms with Crippen molar-refractivity contribution in [3.8, 4) is 0 Å². The molecule has 7 heteroatoms. The molecule has 0 bridgehead atoms. The fraction of sp³-hybridized carbons (Fsp3) is 0.833. The first-order valence-corrected chi connectivity index (χ1v) is 6.13. The molecule has 0 unspecified atom stereocenters. The highest BCUT2D eigenvalue weighted by atomic mass is 16.5. The summed E-state index contributed by atoms with van der Waals surface area (Å²) in [4.78, 5) is 24.3. The van der Waals surface area contributed by atoms with Crippen LogP contribution in [0.15, 0.2) is 0 Å². The standard InChI is InChI=1S/C12H24N2O5/c1-12(2,3)9(10(16)17)13-11(18)14(4)5-7-19-8-6-15/h9,15H,5-8H2,1-4H3,(H,13,18)(H,16,17)/t9-/m1/s1. The molecule has 0 saturated carbocycles. The molecule has 3 N–H and O–H groups in total. The molecule has 1 atom stereocenters. The number of carbonyl (C=O) groups is 2. The topological polar surface area (TPSA) is 99.1 Å². The van der Waals surface area contributed by atoms with Gasteiger partial charge in [0.2, 0.25) is 0 Å². The number of aliphatic hydroxyl groups excluding tert-OH is 1. The summed E-state index contributed by atoms with van der Waals surface area (Å²) in [7, 11) is 1.55. The lowest BCUT2D eigenvalue weighted by atomic mass is 9.87. The number of carbonyl (C=O) groups excluding carboxylic acids is 1. The number of hydrogen-bond donors (Lipinski definition) is 3. The second-order valence-electron chi connectivity index (χ2n) is 5.34. The minimum Gasteiger partial charge on any atom is -0.480 e. The smallest absolute Gasteiger partial charge is 0.326 e. The van der Waals surface area contributed by atoms with Crippen LogP contribution in [0.25, 0.3) is 0 Å². The Hall–Kier alpha value is -1.34. The fourth-order valence-electron chi connectivity index (χ4n) is 1.35. The summed E-state index contributed by atoms with van der Waals surface area (Å²) in [5, 5.41) is 20.1. The number of urea groups is 1. The van der Waals surface area contributed by atoms with Crippen LogP contribution in [0.2, 0.25) is 0 Å². The maximum absolute atomic E-state index is 11.8. The summed E-state index contributed by atoms with van der Waals surface area (Å²) in [5.41, 5.74) is -0.574. The van der Waals surface area contributed by atoms with Gasteiger partial charge in [-0.15, -0.1) is 0 Å². The fourth-order valence-corrected chi connectivity index (χ4v) is 1.35. The predicted molar refractivity (Wildman–Crippen MR) is 69.9 cm³/mol. The summed E-state index contributed by atoms with van der Waals surface area (Å²) in [6.07, 6.45) is 0. The van der Waals surface area contributed by atoms with E-state index in [4.69, 9.17) is 14.9 Å². The van der Waals surface area contributed by atoms with Gasteiger partial charge in [0.1, 0.15) is 6.04 Å².